The van der Waals surface area contributed by atoms with Gasteiger partial charge in [0.25, 0.3) is 5.91 Å². The van der Waals surface area contributed by atoms with Crippen molar-refractivity contribution in [2.45, 2.75) is 13.8 Å². The second-order valence-corrected chi connectivity index (χ2v) is 8.30. The number of hydrogen-bond donors (Lipinski definition) is 0. The van der Waals surface area contributed by atoms with Gasteiger partial charge >= 0.3 is 0 Å². The fourth-order valence-corrected chi connectivity index (χ4v) is 3.81. The van der Waals surface area contributed by atoms with Crippen LogP contribution in [0.5, 0.6) is 5.75 Å². The highest BCUT2D eigenvalue weighted by Crippen LogP contribution is 2.35. The van der Waals surface area contributed by atoms with Crippen molar-refractivity contribution in [3.05, 3.63) is 64.0 Å². The molecule has 1 aliphatic rings. The number of benzene rings is 2. The number of amides is 1. The van der Waals surface area contributed by atoms with E-state index in [9.17, 15) is 4.79 Å². The van der Waals surface area contributed by atoms with Crippen molar-refractivity contribution in [3.63, 3.8) is 0 Å². The number of hydrogen-bond acceptors (Lipinski definition) is 4. The first-order valence-electron chi connectivity index (χ1n) is 9.18. The minimum absolute atomic E-state index is 0.0379. The fraction of sp³-hybridized carbons (Fsp3) is 0.217. The Labute approximate surface area is 180 Å². The van der Waals surface area contributed by atoms with Crippen molar-refractivity contribution < 1.29 is 9.53 Å². The van der Waals surface area contributed by atoms with Gasteiger partial charge in [-0.2, -0.15) is 0 Å². The summed E-state index contributed by atoms with van der Waals surface area (Å²) in [5, 5.41) is 1.32. The summed E-state index contributed by atoms with van der Waals surface area (Å²) in [6.45, 7) is 4.99. The molecule has 0 N–H and O–H groups in total. The molecule has 4 nitrogen and oxygen atoms in total. The Morgan fingerprint density at radius 2 is 1.90 bits per heavy atom. The number of rotatable bonds is 6. The van der Waals surface area contributed by atoms with E-state index in [-0.39, 0.29) is 12.5 Å². The molecule has 0 spiro atoms. The van der Waals surface area contributed by atoms with Gasteiger partial charge < -0.3 is 4.74 Å². The lowest BCUT2D eigenvalue weighted by Gasteiger charge is -2.17. The summed E-state index contributed by atoms with van der Waals surface area (Å²) in [5.74, 6) is 3.41. The maximum absolute atomic E-state index is 13.0. The number of amidine groups is 1. The average molecular weight is 425 g/mol. The van der Waals surface area contributed by atoms with Crippen LogP contribution in [-0.2, 0) is 4.79 Å². The van der Waals surface area contributed by atoms with Gasteiger partial charge in [-0.25, -0.2) is 4.99 Å². The highest BCUT2D eigenvalue weighted by molar-refractivity contribution is 8.18. The first kappa shape index (κ1) is 21.0. The van der Waals surface area contributed by atoms with E-state index in [0.717, 1.165) is 11.3 Å². The number of thioether (sulfide) groups is 1. The molecule has 0 saturated carbocycles. The third-order valence-electron chi connectivity index (χ3n) is 3.99. The molecule has 1 heterocycles. The lowest BCUT2D eigenvalue weighted by molar-refractivity contribution is -0.122. The van der Waals surface area contributed by atoms with Crippen LogP contribution in [0.15, 0.2) is 58.4 Å². The quantitative estimate of drug-likeness (QED) is 0.447. The Kier molecular flexibility index (Phi) is 7.03. The van der Waals surface area contributed by atoms with Crippen LogP contribution in [0, 0.1) is 18.3 Å². The van der Waals surface area contributed by atoms with Gasteiger partial charge in [-0.1, -0.05) is 43.5 Å². The standard InChI is InChI=1S/C23H21ClN2O2S/c1-4-13-28-20-11-5-17(6-12-20)14-21-22(27)26(15-16(2)3)23(29-21)25-19-9-7-18(24)8-10-19/h1,5-12,14,16H,13,15H2,2-3H3/b21-14-,25-23?. The largest absolute Gasteiger partial charge is 0.481 e. The van der Waals surface area contributed by atoms with Crippen LogP contribution in [-0.4, -0.2) is 29.1 Å². The van der Waals surface area contributed by atoms with Crippen LogP contribution in [0.2, 0.25) is 5.02 Å². The zero-order valence-electron chi connectivity index (χ0n) is 16.3. The van der Waals surface area contributed by atoms with E-state index in [4.69, 9.17) is 22.8 Å². The fourth-order valence-electron chi connectivity index (χ4n) is 2.68. The van der Waals surface area contributed by atoms with E-state index in [1.165, 1.54) is 11.8 Å². The van der Waals surface area contributed by atoms with Gasteiger partial charge in [0.1, 0.15) is 12.4 Å². The minimum Gasteiger partial charge on any atom is -0.481 e. The molecule has 1 fully saturated rings. The van der Waals surface area contributed by atoms with Crippen molar-refractivity contribution in [2.75, 3.05) is 13.2 Å². The second-order valence-electron chi connectivity index (χ2n) is 6.85. The first-order valence-corrected chi connectivity index (χ1v) is 10.4. The molecule has 0 aromatic heterocycles. The van der Waals surface area contributed by atoms with Crippen molar-refractivity contribution in [1.82, 2.24) is 4.90 Å². The summed E-state index contributed by atoms with van der Waals surface area (Å²) in [6, 6.07) is 14.7. The summed E-state index contributed by atoms with van der Waals surface area (Å²) < 4.78 is 5.39. The lowest BCUT2D eigenvalue weighted by Crippen LogP contribution is -2.32. The molecule has 0 radical (unpaired) electrons. The molecule has 1 aliphatic heterocycles. The summed E-state index contributed by atoms with van der Waals surface area (Å²) in [4.78, 5) is 20.0. The van der Waals surface area contributed by atoms with E-state index in [1.807, 2.05) is 42.5 Å². The van der Waals surface area contributed by atoms with Gasteiger partial charge in [0.05, 0.1) is 10.6 Å². The summed E-state index contributed by atoms with van der Waals surface area (Å²) in [6.07, 6.45) is 7.08. The van der Waals surface area contributed by atoms with Crippen molar-refractivity contribution in [3.8, 4) is 18.1 Å². The molecule has 1 saturated heterocycles. The van der Waals surface area contributed by atoms with Gasteiger partial charge in [-0.15, -0.1) is 6.42 Å². The second kappa shape index (κ2) is 9.69. The van der Waals surface area contributed by atoms with Crippen molar-refractivity contribution in [1.29, 1.82) is 0 Å². The Hall–Kier alpha value is -2.68. The number of aliphatic imine (C=N–C) groups is 1. The molecule has 0 aliphatic carbocycles. The monoisotopic (exact) mass is 424 g/mol. The molecule has 148 valence electrons. The predicted octanol–water partition coefficient (Wildman–Crippen LogP) is 5.61. The van der Waals surface area contributed by atoms with Crippen LogP contribution in [0.1, 0.15) is 19.4 Å². The molecule has 0 atom stereocenters. The summed E-state index contributed by atoms with van der Waals surface area (Å²) in [5.41, 5.74) is 1.67. The highest BCUT2D eigenvalue weighted by Gasteiger charge is 2.33. The normalized spacial score (nSPS) is 16.7. The molecule has 0 bridgehead atoms. The summed E-state index contributed by atoms with van der Waals surface area (Å²) >= 11 is 7.33. The van der Waals surface area contributed by atoms with E-state index in [2.05, 4.69) is 24.8 Å². The molecular weight excluding hydrogens is 404 g/mol. The zero-order valence-corrected chi connectivity index (χ0v) is 17.8. The Balaban J connectivity index is 1.86. The van der Waals surface area contributed by atoms with Gasteiger partial charge in [-0.05, 0) is 65.7 Å². The van der Waals surface area contributed by atoms with Gasteiger partial charge in [0.2, 0.25) is 0 Å². The third-order valence-corrected chi connectivity index (χ3v) is 5.25. The molecular formula is C23H21ClN2O2S. The maximum atomic E-state index is 13.0. The van der Waals surface area contributed by atoms with E-state index in [0.29, 0.717) is 33.3 Å². The average Bonchev–Trinajstić information content (AvgIpc) is 2.97. The van der Waals surface area contributed by atoms with Gasteiger partial charge in [0.15, 0.2) is 5.17 Å². The molecule has 2 aromatic rings. The van der Waals surface area contributed by atoms with Crippen LogP contribution in [0.3, 0.4) is 0 Å². The maximum Gasteiger partial charge on any atom is 0.266 e. The zero-order chi connectivity index (χ0) is 20.8. The number of ether oxygens (including phenoxy) is 1. The van der Waals surface area contributed by atoms with Crippen LogP contribution < -0.4 is 4.74 Å². The molecule has 6 heteroatoms. The van der Waals surface area contributed by atoms with Crippen molar-refractivity contribution in [2.24, 2.45) is 10.9 Å². The Morgan fingerprint density at radius 1 is 1.21 bits per heavy atom. The lowest BCUT2D eigenvalue weighted by atomic mass is 10.2. The topological polar surface area (TPSA) is 41.9 Å². The smallest absolute Gasteiger partial charge is 0.266 e. The number of carbonyl (C=O) groups excluding carboxylic acids is 1. The molecule has 0 unspecified atom stereocenters. The van der Waals surface area contributed by atoms with E-state index >= 15 is 0 Å². The first-order chi connectivity index (χ1) is 14.0. The number of halogens is 1. The predicted molar refractivity (Wildman–Crippen MR) is 121 cm³/mol. The molecule has 2 aromatic carbocycles. The summed E-state index contributed by atoms with van der Waals surface area (Å²) in [7, 11) is 0. The van der Waals surface area contributed by atoms with Crippen molar-refractivity contribution >= 4 is 46.2 Å². The molecule has 3 rings (SSSR count). The Bertz CT molecular complexity index is 973. The molecule has 1 amide bonds. The van der Waals surface area contributed by atoms with Crippen LogP contribution >= 0.6 is 23.4 Å². The third kappa shape index (κ3) is 5.66. The number of nitrogens with zero attached hydrogens (tertiary/aromatic N) is 2. The number of carbonyl (C=O) groups is 1. The minimum atomic E-state index is -0.0379. The van der Waals surface area contributed by atoms with Gasteiger partial charge in [-0.3, -0.25) is 9.69 Å². The Morgan fingerprint density at radius 3 is 2.52 bits per heavy atom. The van der Waals surface area contributed by atoms with Crippen LogP contribution in [0.4, 0.5) is 5.69 Å². The van der Waals surface area contributed by atoms with Crippen LogP contribution in [0.25, 0.3) is 6.08 Å². The highest BCUT2D eigenvalue weighted by atomic mass is 35.5. The van der Waals surface area contributed by atoms with E-state index < -0.39 is 0 Å². The van der Waals surface area contributed by atoms with E-state index in [1.54, 1.807) is 17.0 Å². The number of terminal acetylenes is 1. The molecule has 29 heavy (non-hydrogen) atoms. The van der Waals surface area contributed by atoms with Gasteiger partial charge in [0, 0.05) is 11.6 Å². The SMILES string of the molecule is C#CCOc1ccc(/C=C2\SC(=Nc3ccc(Cl)cc3)N(CC(C)C)C2=O)cc1.